The van der Waals surface area contributed by atoms with Gasteiger partial charge in [0.2, 0.25) is 11.8 Å². The van der Waals surface area contributed by atoms with Crippen LogP contribution < -0.4 is 15.4 Å². The monoisotopic (exact) mass is 391 g/mol. The third-order valence-electron chi connectivity index (χ3n) is 6.29. The molecule has 1 spiro atoms. The van der Waals surface area contributed by atoms with Crippen LogP contribution in [0.25, 0.3) is 0 Å². The first kappa shape index (κ1) is 18.3. The van der Waals surface area contributed by atoms with Crippen LogP contribution in [0.2, 0.25) is 0 Å². The maximum Gasteiger partial charge on any atom is 0.255 e. The van der Waals surface area contributed by atoms with Gasteiger partial charge in [0.1, 0.15) is 11.8 Å². The van der Waals surface area contributed by atoms with Crippen molar-refractivity contribution in [2.45, 2.75) is 43.7 Å². The summed E-state index contributed by atoms with van der Waals surface area (Å²) in [6.07, 6.45) is 2.71. The average molecular weight is 392 g/mol. The van der Waals surface area contributed by atoms with Gasteiger partial charge in [0.25, 0.3) is 5.91 Å². The van der Waals surface area contributed by atoms with E-state index in [1.54, 1.807) is 4.90 Å². The highest BCUT2D eigenvalue weighted by molar-refractivity contribution is 6.05. The van der Waals surface area contributed by atoms with Crippen LogP contribution >= 0.6 is 12.4 Å². The molecule has 1 atom stereocenters. The average Bonchev–Trinajstić information content (AvgIpc) is 3.15. The lowest BCUT2D eigenvalue weighted by molar-refractivity contribution is -0.136. The largest absolute Gasteiger partial charge is 0.492 e. The third-order valence-corrected chi connectivity index (χ3v) is 6.29. The van der Waals surface area contributed by atoms with Gasteiger partial charge < -0.3 is 15.0 Å². The van der Waals surface area contributed by atoms with Gasteiger partial charge in [-0.15, -0.1) is 12.4 Å². The van der Waals surface area contributed by atoms with E-state index in [-0.39, 0.29) is 42.0 Å². The van der Waals surface area contributed by atoms with Crippen LogP contribution in [0, 0.1) is 0 Å². The maximum absolute atomic E-state index is 12.9. The summed E-state index contributed by atoms with van der Waals surface area (Å²) in [5.41, 5.74) is 2.77. The van der Waals surface area contributed by atoms with Crippen LogP contribution in [0.4, 0.5) is 0 Å². The Bertz CT molecular complexity index is 834. The number of hydrogen-bond donors (Lipinski definition) is 2. The quantitative estimate of drug-likeness (QED) is 0.694. The van der Waals surface area contributed by atoms with Crippen molar-refractivity contribution >= 4 is 30.1 Å². The number of piperidine rings is 2. The van der Waals surface area contributed by atoms with Crippen molar-refractivity contribution in [3.05, 3.63) is 28.8 Å². The van der Waals surface area contributed by atoms with E-state index in [0.717, 1.165) is 37.2 Å². The molecule has 8 heteroatoms. The van der Waals surface area contributed by atoms with Crippen molar-refractivity contribution in [3.8, 4) is 5.75 Å². The summed E-state index contributed by atoms with van der Waals surface area (Å²) in [6.45, 7) is 2.98. The van der Waals surface area contributed by atoms with E-state index in [2.05, 4.69) is 10.6 Å². The Kier molecular flexibility index (Phi) is 4.39. The van der Waals surface area contributed by atoms with E-state index in [0.29, 0.717) is 25.1 Å². The molecule has 4 aliphatic heterocycles. The molecule has 4 heterocycles. The van der Waals surface area contributed by atoms with Crippen molar-refractivity contribution < 1.29 is 19.1 Å². The molecule has 0 bridgehead atoms. The van der Waals surface area contributed by atoms with Gasteiger partial charge in [-0.3, -0.25) is 19.7 Å². The first-order chi connectivity index (χ1) is 12.6. The summed E-state index contributed by atoms with van der Waals surface area (Å²) in [7, 11) is 0. The zero-order chi connectivity index (χ0) is 17.9. The molecule has 2 N–H and O–H groups in total. The standard InChI is InChI=1S/C19H21N3O4.ClH/c23-15-4-3-14(17(24)21-15)22-9-12-11(18(22)25)1-2-13-16(12)26-10-19(13)5-7-20-8-6-19;/h1-2,14,20H,3-10H2,(H,21,23,24);1H. The molecule has 0 radical (unpaired) electrons. The minimum atomic E-state index is -0.586. The van der Waals surface area contributed by atoms with Crippen molar-refractivity contribution in [3.63, 3.8) is 0 Å². The van der Waals surface area contributed by atoms with Crippen LogP contribution in [0.15, 0.2) is 12.1 Å². The number of carbonyl (C=O) groups is 3. The van der Waals surface area contributed by atoms with E-state index in [4.69, 9.17) is 4.74 Å². The van der Waals surface area contributed by atoms with Crippen LogP contribution in [-0.4, -0.2) is 48.4 Å². The maximum atomic E-state index is 12.9. The van der Waals surface area contributed by atoms with E-state index in [9.17, 15) is 14.4 Å². The van der Waals surface area contributed by atoms with Crippen molar-refractivity contribution in [1.82, 2.24) is 15.5 Å². The minimum Gasteiger partial charge on any atom is -0.492 e. The predicted molar refractivity (Wildman–Crippen MR) is 99.0 cm³/mol. The second-order valence-corrected chi connectivity index (χ2v) is 7.69. The lowest BCUT2D eigenvalue weighted by atomic mass is 9.74. The van der Waals surface area contributed by atoms with Crippen LogP contribution in [0.3, 0.4) is 0 Å². The van der Waals surface area contributed by atoms with Crippen LogP contribution in [-0.2, 0) is 21.5 Å². The highest BCUT2D eigenvalue weighted by Gasteiger charge is 2.46. The fourth-order valence-electron chi connectivity index (χ4n) is 4.80. The Morgan fingerprint density at radius 2 is 1.93 bits per heavy atom. The summed E-state index contributed by atoms with van der Waals surface area (Å²) in [5, 5.41) is 5.74. The van der Waals surface area contributed by atoms with Gasteiger partial charge in [-0.05, 0) is 38.4 Å². The van der Waals surface area contributed by atoms with Crippen molar-refractivity contribution in [2.24, 2.45) is 0 Å². The number of hydrogen-bond acceptors (Lipinski definition) is 5. The summed E-state index contributed by atoms with van der Waals surface area (Å²) < 4.78 is 6.10. The van der Waals surface area contributed by atoms with E-state index in [1.165, 1.54) is 5.56 Å². The molecule has 0 saturated carbocycles. The van der Waals surface area contributed by atoms with Gasteiger partial charge in [-0.1, -0.05) is 6.07 Å². The lowest BCUT2D eigenvalue weighted by Gasteiger charge is -2.32. The number of rotatable bonds is 1. The molecule has 2 saturated heterocycles. The Morgan fingerprint density at radius 3 is 2.67 bits per heavy atom. The van der Waals surface area contributed by atoms with E-state index >= 15 is 0 Å². The molecule has 1 unspecified atom stereocenters. The number of ether oxygens (including phenoxy) is 1. The van der Waals surface area contributed by atoms with Crippen molar-refractivity contribution in [2.75, 3.05) is 19.7 Å². The zero-order valence-electron chi connectivity index (χ0n) is 14.9. The fraction of sp³-hybridized carbons (Fsp3) is 0.526. The predicted octanol–water partition coefficient (Wildman–Crippen LogP) is 0.883. The Morgan fingerprint density at radius 1 is 1.15 bits per heavy atom. The van der Waals surface area contributed by atoms with Gasteiger partial charge in [0.05, 0.1) is 13.2 Å². The number of amides is 3. The molecule has 5 rings (SSSR count). The smallest absolute Gasteiger partial charge is 0.255 e. The van der Waals surface area contributed by atoms with Gasteiger partial charge >= 0.3 is 0 Å². The van der Waals surface area contributed by atoms with Gasteiger partial charge in [-0.2, -0.15) is 0 Å². The Labute approximate surface area is 163 Å². The van der Waals surface area contributed by atoms with E-state index in [1.807, 2.05) is 12.1 Å². The van der Waals surface area contributed by atoms with Crippen LogP contribution in [0.5, 0.6) is 5.75 Å². The Hall–Kier alpha value is -2.12. The van der Waals surface area contributed by atoms with Crippen molar-refractivity contribution in [1.29, 1.82) is 0 Å². The number of halogens is 1. The molecular weight excluding hydrogens is 370 g/mol. The normalized spacial score (nSPS) is 25.6. The minimum absolute atomic E-state index is 0. The highest BCUT2D eigenvalue weighted by atomic mass is 35.5. The molecule has 1 aromatic rings. The SMILES string of the molecule is Cl.O=C1CCC(N2Cc3c(ccc4c3OCC43CCNCC3)C2=O)C(=O)N1. The number of fused-ring (bicyclic) bond motifs is 4. The lowest BCUT2D eigenvalue weighted by Crippen LogP contribution is -2.52. The highest BCUT2D eigenvalue weighted by Crippen LogP contribution is 2.48. The third kappa shape index (κ3) is 2.63. The zero-order valence-corrected chi connectivity index (χ0v) is 15.7. The van der Waals surface area contributed by atoms with Gasteiger partial charge in [0, 0.05) is 28.5 Å². The van der Waals surface area contributed by atoms with Gasteiger partial charge in [0.15, 0.2) is 0 Å². The van der Waals surface area contributed by atoms with Crippen LogP contribution in [0.1, 0.15) is 47.2 Å². The molecule has 3 amide bonds. The molecule has 1 aromatic carbocycles. The molecule has 0 aliphatic carbocycles. The summed E-state index contributed by atoms with van der Waals surface area (Å²) in [4.78, 5) is 38.1. The van der Waals surface area contributed by atoms with Gasteiger partial charge in [-0.25, -0.2) is 0 Å². The molecular formula is C19H22ClN3O4. The number of imide groups is 1. The second kappa shape index (κ2) is 6.49. The second-order valence-electron chi connectivity index (χ2n) is 7.69. The number of nitrogens with one attached hydrogen (secondary N) is 2. The number of benzene rings is 1. The molecule has 27 heavy (non-hydrogen) atoms. The topological polar surface area (TPSA) is 87.7 Å². The summed E-state index contributed by atoms with van der Waals surface area (Å²) in [6, 6.07) is 3.34. The first-order valence-corrected chi connectivity index (χ1v) is 9.24. The molecule has 4 aliphatic rings. The fourth-order valence-corrected chi connectivity index (χ4v) is 4.80. The molecule has 7 nitrogen and oxygen atoms in total. The number of nitrogens with zero attached hydrogens (tertiary/aromatic N) is 1. The number of carbonyl (C=O) groups excluding carboxylic acids is 3. The molecule has 144 valence electrons. The molecule has 2 fully saturated rings. The summed E-state index contributed by atoms with van der Waals surface area (Å²) >= 11 is 0. The first-order valence-electron chi connectivity index (χ1n) is 9.24. The molecule has 0 aromatic heterocycles. The Balaban J connectivity index is 0.00000180. The van der Waals surface area contributed by atoms with E-state index < -0.39 is 6.04 Å². The summed E-state index contributed by atoms with van der Waals surface area (Å²) in [5.74, 6) is 0.0435.